The first-order valence-electron chi connectivity index (χ1n) is 10.7. The quantitative estimate of drug-likeness (QED) is 0.787. The monoisotopic (exact) mass is 381 g/mol. The van der Waals surface area contributed by atoms with E-state index in [1.807, 2.05) is 11.8 Å². The van der Waals surface area contributed by atoms with Crippen LogP contribution in [0.15, 0.2) is 0 Å². The van der Waals surface area contributed by atoms with E-state index in [4.69, 9.17) is 15.2 Å². The van der Waals surface area contributed by atoms with Crippen molar-refractivity contribution in [3.8, 4) is 0 Å². The summed E-state index contributed by atoms with van der Waals surface area (Å²) in [5.74, 6) is 0.779. The smallest absolute Gasteiger partial charge is 0.243 e. The number of amides is 1. The predicted octanol–water partition coefficient (Wildman–Crippen LogP) is 1.87. The Morgan fingerprint density at radius 3 is 2.30 bits per heavy atom. The molecule has 0 aromatic rings. The van der Waals surface area contributed by atoms with Crippen molar-refractivity contribution >= 4 is 5.91 Å². The summed E-state index contributed by atoms with van der Waals surface area (Å²) in [6.07, 6.45) is 3.47. The standard InChI is InChI=1S/C21H39N3O3/c1-6-26-18-11-21(22,20(18,4)5)19(25)24-9-7-17(8-10-24)14-23-12-15(2)27-16(3)13-23/h15-18H,6-14,22H2,1-5H3. The Morgan fingerprint density at radius 2 is 1.78 bits per heavy atom. The molecule has 0 aromatic heterocycles. The van der Waals surface area contributed by atoms with E-state index >= 15 is 0 Å². The number of carbonyl (C=O) groups excluding carboxylic acids is 1. The minimum atomic E-state index is -0.783. The molecule has 3 rings (SSSR count). The van der Waals surface area contributed by atoms with Crippen LogP contribution in [0, 0.1) is 11.3 Å². The van der Waals surface area contributed by atoms with Crippen LogP contribution in [-0.4, -0.2) is 78.9 Å². The maximum absolute atomic E-state index is 13.2. The number of ether oxygens (including phenoxy) is 2. The van der Waals surface area contributed by atoms with E-state index in [2.05, 4.69) is 32.6 Å². The van der Waals surface area contributed by atoms with E-state index < -0.39 is 5.54 Å². The number of carbonyl (C=O) groups is 1. The molecule has 27 heavy (non-hydrogen) atoms. The third kappa shape index (κ3) is 4.04. The van der Waals surface area contributed by atoms with Gasteiger partial charge in [-0.05, 0) is 39.5 Å². The molecule has 156 valence electrons. The van der Waals surface area contributed by atoms with Crippen molar-refractivity contribution in [2.24, 2.45) is 17.1 Å². The van der Waals surface area contributed by atoms with Gasteiger partial charge < -0.3 is 20.1 Å². The van der Waals surface area contributed by atoms with Gasteiger partial charge in [-0.2, -0.15) is 0 Å². The molecule has 2 saturated heterocycles. The van der Waals surface area contributed by atoms with Crippen LogP contribution < -0.4 is 5.73 Å². The Hall–Kier alpha value is -0.690. The number of nitrogens with two attached hydrogens (primary N) is 1. The summed E-state index contributed by atoms with van der Waals surface area (Å²) in [7, 11) is 0. The first kappa shape index (κ1) is 21.0. The molecule has 2 aliphatic heterocycles. The third-order valence-electron chi connectivity index (χ3n) is 7.12. The molecule has 1 aliphatic carbocycles. The lowest BCUT2D eigenvalue weighted by Gasteiger charge is -2.59. The minimum absolute atomic E-state index is 0.0827. The van der Waals surface area contributed by atoms with Crippen molar-refractivity contribution in [2.75, 3.05) is 39.3 Å². The van der Waals surface area contributed by atoms with E-state index in [-0.39, 0.29) is 17.4 Å². The van der Waals surface area contributed by atoms with E-state index in [0.29, 0.717) is 31.2 Å². The fraction of sp³-hybridized carbons (Fsp3) is 0.952. The highest BCUT2D eigenvalue weighted by atomic mass is 16.5. The molecular formula is C21H39N3O3. The van der Waals surface area contributed by atoms with E-state index in [1.54, 1.807) is 0 Å². The first-order valence-corrected chi connectivity index (χ1v) is 10.7. The summed E-state index contributed by atoms with van der Waals surface area (Å²) in [5.41, 5.74) is 5.51. The maximum atomic E-state index is 13.2. The molecule has 6 nitrogen and oxygen atoms in total. The van der Waals surface area contributed by atoms with Crippen LogP contribution in [0.3, 0.4) is 0 Å². The van der Waals surface area contributed by atoms with E-state index in [0.717, 1.165) is 45.6 Å². The van der Waals surface area contributed by atoms with Gasteiger partial charge in [0.2, 0.25) is 5.91 Å². The SMILES string of the molecule is CCOC1CC(N)(C(=O)N2CCC(CN3CC(C)OC(C)C3)CC2)C1(C)C. The molecule has 0 aromatic carbocycles. The van der Waals surface area contributed by atoms with Crippen molar-refractivity contribution in [1.29, 1.82) is 0 Å². The summed E-state index contributed by atoms with van der Waals surface area (Å²) in [4.78, 5) is 17.7. The fourth-order valence-electron chi connectivity index (χ4n) is 5.20. The number of hydrogen-bond acceptors (Lipinski definition) is 5. The molecule has 0 bridgehead atoms. The van der Waals surface area contributed by atoms with Crippen molar-refractivity contribution in [1.82, 2.24) is 9.80 Å². The first-order chi connectivity index (χ1) is 12.7. The second-order valence-electron chi connectivity index (χ2n) is 9.55. The Balaban J connectivity index is 1.50. The van der Waals surface area contributed by atoms with Crippen LogP contribution in [0.4, 0.5) is 0 Å². The van der Waals surface area contributed by atoms with Crippen molar-refractivity contribution in [2.45, 2.75) is 77.7 Å². The number of piperidine rings is 1. The van der Waals surface area contributed by atoms with Gasteiger partial charge in [0.25, 0.3) is 0 Å². The van der Waals surface area contributed by atoms with Gasteiger partial charge in [0.05, 0.1) is 18.3 Å². The average Bonchev–Trinajstić information content (AvgIpc) is 2.60. The normalized spacial score (nSPS) is 37.9. The summed E-state index contributed by atoms with van der Waals surface area (Å²) < 4.78 is 11.6. The van der Waals surface area contributed by atoms with Gasteiger partial charge in [-0.3, -0.25) is 9.69 Å². The average molecular weight is 382 g/mol. The molecule has 0 spiro atoms. The van der Waals surface area contributed by atoms with Crippen LogP contribution in [0.5, 0.6) is 0 Å². The van der Waals surface area contributed by atoms with Crippen LogP contribution in [-0.2, 0) is 14.3 Å². The van der Waals surface area contributed by atoms with Gasteiger partial charge in [-0.15, -0.1) is 0 Å². The minimum Gasteiger partial charge on any atom is -0.378 e. The Kier molecular flexibility index (Phi) is 6.21. The predicted molar refractivity (Wildman–Crippen MR) is 106 cm³/mol. The van der Waals surface area contributed by atoms with E-state index in [1.165, 1.54) is 0 Å². The van der Waals surface area contributed by atoms with Gasteiger partial charge >= 0.3 is 0 Å². The van der Waals surface area contributed by atoms with Crippen molar-refractivity contribution in [3.63, 3.8) is 0 Å². The summed E-state index contributed by atoms with van der Waals surface area (Å²) in [6.45, 7) is 15.9. The second-order valence-corrected chi connectivity index (χ2v) is 9.55. The zero-order valence-electron chi connectivity index (χ0n) is 17.9. The molecule has 3 fully saturated rings. The summed E-state index contributed by atoms with van der Waals surface area (Å²) in [5, 5.41) is 0. The lowest BCUT2D eigenvalue weighted by molar-refractivity contribution is -0.180. The molecular weight excluding hydrogens is 342 g/mol. The zero-order valence-corrected chi connectivity index (χ0v) is 17.9. The Labute approximate surface area is 164 Å². The number of likely N-dealkylation sites (tertiary alicyclic amines) is 1. The van der Waals surface area contributed by atoms with Crippen LogP contribution in [0.25, 0.3) is 0 Å². The Bertz CT molecular complexity index is 523. The molecule has 3 aliphatic rings. The largest absolute Gasteiger partial charge is 0.378 e. The molecule has 4 atom stereocenters. The second kappa shape index (κ2) is 7.97. The number of nitrogens with zero attached hydrogens (tertiary/aromatic N) is 2. The zero-order chi connectivity index (χ0) is 19.8. The van der Waals surface area contributed by atoms with Gasteiger partial charge in [-0.1, -0.05) is 13.8 Å². The molecule has 2 N–H and O–H groups in total. The lowest BCUT2D eigenvalue weighted by Crippen LogP contribution is -2.76. The maximum Gasteiger partial charge on any atom is 0.243 e. The molecule has 2 heterocycles. The van der Waals surface area contributed by atoms with Gasteiger partial charge in [0.15, 0.2) is 0 Å². The van der Waals surface area contributed by atoms with Crippen LogP contribution >= 0.6 is 0 Å². The Morgan fingerprint density at radius 1 is 1.19 bits per heavy atom. The highest BCUT2D eigenvalue weighted by molar-refractivity contribution is 5.89. The van der Waals surface area contributed by atoms with Crippen molar-refractivity contribution < 1.29 is 14.3 Å². The van der Waals surface area contributed by atoms with Crippen LogP contribution in [0.2, 0.25) is 0 Å². The van der Waals surface area contributed by atoms with Gasteiger partial charge in [0.1, 0.15) is 5.54 Å². The fourth-order valence-corrected chi connectivity index (χ4v) is 5.20. The molecule has 0 radical (unpaired) electrons. The molecule has 1 amide bonds. The van der Waals surface area contributed by atoms with Gasteiger partial charge in [-0.25, -0.2) is 0 Å². The summed E-state index contributed by atoms with van der Waals surface area (Å²) in [6, 6.07) is 0. The highest BCUT2D eigenvalue weighted by Gasteiger charge is 2.63. The summed E-state index contributed by atoms with van der Waals surface area (Å²) >= 11 is 0. The number of hydrogen-bond donors (Lipinski definition) is 1. The van der Waals surface area contributed by atoms with Crippen LogP contribution in [0.1, 0.15) is 53.9 Å². The lowest BCUT2D eigenvalue weighted by atomic mass is 9.54. The number of morpholine rings is 1. The van der Waals surface area contributed by atoms with Crippen molar-refractivity contribution in [3.05, 3.63) is 0 Å². The third-order valence-corrected chi connectivity index (χ3v) is 7.12. The molecule has 1 saturated carbocycles. The highest BCUT2D eigenvalue weighted by Crippen LogP contribution is 2.50. The topological polar surface area (TPSA) is 68.0 Å². The van der Waals surface area contributed by atoms with E-state index in [9.17, 15) is 4.79 Å². The molecule has 6 heteroatoms. The number of rotatable bonds is 5. The molecule has 4 unspecified atom stereocenters. The van der Waals surface area contributed by atoms with Gasteiger partial charge in [0, 0.05) is 51.2 Å².